The summed E-state index contributed by atoms with van der Waals surface area (Å²) in [6.07, 6.45) is 4.54. The van der Waals surface area contributed by atoms with Crippen molar-refractivity contribution in [2.24, 2.45) is 0 Å². The number of aliphatic hydroxyl groups is 1. The normalized spacial score (nSPS) is 11.8. The summed E-state index contributed by atoms with van der Waals surface area (Å²) >= 11 is 0. The highest BCUT2D eigenvalue weighted by Crippen LogP contribution is 2.24. The molecule has 0 aliphatic heterocycles. The number of rotatable bonds is 4. The van der Waals surface area contributed by atoms with Gasteiger partial charge in [0.05, 0.1) is 17.3 Å². The van der Waals surface area contributed by atoms with Crippen LogP contribution in [-0.4, -0.2) is 20.7 Å². The molecule has 0 radical (unpaired) electrons. The second-order valence-corrected chi connectivity index (χ2v) is 4.91. The Morgan fingerprint density at radius 1 is 1.29 bits per heavy atom. The molecule has 0 atom stereocenters. The summed E-state index contributed by atoms with van der Waals surface area (Å²) in [4.78, 5) is 7.84. The maximum atomic E-state index is 10.2. The molecule has 0 aliphatic rings. The zero-order chi connectivity index (χ0) is 15.3. The lowest BCUT2D eigenvalue weighted by Crippen LogP contribution is -2.30. The van der Waals surface area contributed by atoms with Crippen LogP contribution in [0.3, 0.4) is 0 Å². The minimum Gasteiger partial charge on any atom is -0.508 e. The first-order valence-corrected chi connectivity index (χ1v) is 6.37. The van der Waals surface area contributed by atoms with Crippen molar-refractivity contribution in [3.05, 3.63) is 59.9 Å². The van der Waals surface area contributed by atoms with Crippen LogP contribution in [0.2, 0.25) is 0 Å². The summed E-state index contributed by atoms with van der Waals surface area (Å²) < 4.78 is 5.76. The number of hydrogen-bond donors (Lipinski definition) is 1. The fourth-order valence-electron chi connectivity index (χ4n) is 1.64. The molecule has 0 aliphatic carbocycles. The Labute approximate surface area is 123 Å². The summed E-state index contributed by atoms with van der Waals surface area (Å²) in [6.45, 7) is 3.50. The van der Waals surface area contributed by atoms with E-state index in [9.17, 15) is 5.11 Å². The number of nitrogens with zero attached hydrogens (tertiary/aromatic N) is 3. The van der Waals surface area contributed by atoms with E-state index in [1.165, 1.54) is 12.4 Å². The van der Waals surface area contributed by atoms with Crippen molar-refractivity contribution in [1.82, 2.24) is 9.97 Å². The quantitative estimate of drug-likeness (QED) is 0.871. The van der Waals surface area contributed by atoms with Gasteiger partial charge < -0.3 is 9.84 Å². The van der Waals surface area contributed by atoms with Crippen molar-refractivity contribution in [3.8, 4) is 11.8 Å². The van der Waals surface area contributed by atoms with Crippen LogP contribution < -0.4 is 4.74 Å². The van der Waals surface area contributed by atoms with Crippen molar-refractivity contribution < 1.29 is 9.84 Å². The maximum Gasteiger partial charge on any atom is 0.160 e. The third-order valence-corrected chi connectivity index (χ3v) is 2.86. The molecule has 0 fully saturated rings. The Balaban J connectivity index is 2.17. The molecule has 106 valence electrons. The fraction of sp³-hybridized carbons (Fsp3) is 0.188. The summed E-state index contributed by atoms with van der Waals surface area (Å²) in [5.74, 6) is 0.618. The number of hydrogen-bond acceptors (Lipinski definition) is 5. The van der Waals surface area contributed by atoms with E-state index < -0.39 is 5.60 Å². The lowest BCUT2D eigenvalue weighted by atomic mass is 10.1. The number of aromatic nitrogens is 2. The van der Waals surface area contributed by atoms with Crippen LogP contribution in [0.5, 0.6) is 5.75 Å². The Kier molecular flexibility index (Phi) is 4.19. The third kappa shape index (κ3) is 3.80. The molecule has 0 bridgehead atoms. The summed E-state index contributed by atoms with van der Waals surface area (Å²) in [6, 6.07) is 10.4. The zero-order valence-corrected chi connectivity index (χ0v) is 11.8. The van der Waals surface area contributed by atoms with E-state index in [-0.39, 0.29) is 5.76 Å². The van der Waals surface area contributed by atoms with Gasteiger partial charge in [-0.25, -0.2) is 9.97 Å². The van der Waals surface area contributed by atoms with E-state index in [1.807, 2.05) is 6.07 Å². The topological polar surface area (TPSA) is 79.0 Å². The van der Waals surface area contributed by atoms with E-state index >= 15 is 0 Å². The molecule has 2 rings (SSSR count). The Hall–Kier alpha value is -2.87. The summed E-state index contributed by atoms with van der Waals surface area (Å²) in [5.41, 5.74) is 0.235. The molecular formula is C16H15N3O2. The number of benzene rings is 1. The second kappa shape index (κ2) is 6.06. The Bertz CT molecular complexity index is 671. The molecule has 0 saturated heterocycles. The predicted octanol–water partition coefficient (Wildman–Crippen LogP) is 3.10. The fourth-order valence-corrected chi connectivity index (χ4v) is 1.64. The van der Waals surface area contributed by atoms with Crippen LogP contribution >= 0.6 is 0 Å². The van der Waals surface area contributed by atoms with E-state index in [1.54, 1.807) is 50.4 Å². The minimum atomic E-state index is -0.918. The molecule has 1 aromatic carbocycles. The third-order valence-electron chi connectivity index (χ3n) is 2.86. The second-order valence-electron chi connectivity index (χ2n) is 4.91. The van der Waals surface area contributed by atoms with Gasteiger partial charge in [0.15, 0.2) is 5.60 Å². The summed E-state index contributed by atoms with van der Waals surface area (Å²) in [5, 5.41) is 19.0. The first kappa shape index (κ1) is 14.5. The number of aliphatic hydroxyl groups excluding tert-OH is 1. The highest BCUT2D eigenvalue weighted by Gasteiger charge is 2.25. The molecule has 0 unspecified atom stereocenters. The van der Waals surface area contributed by atoms with E-state index in [0.29, 0.717) is 17.0 Å². The zero-order valence-electron chi connectivity index (χ0n) is 11.8. The Morgan fingerprint density at radius 3 is 2.57 bits per heavy atom. The average molecular weight is 281 g/mol. The summed E-state index contributed by atoms with van der Waals surface area (Å²) in [7, 11) is 0. The molecule has 2 aromatic rings. The molecular weight excluding hydrogens is 266 g/mol. The number of ether oxygens (including phenoxy) is 1. The lowest BCUT2D eigenvalue weighted by Gasteiger charge is -2.25. The van der Waals surface area contributed by atoms with Crippen molar-refractivity contribution in [3.63, 3.8) is 0 Å². The van der Waals surface area contributed by atoms with Gasteiger partial charge in [-0.2, -0.15) is 5.26 Å². The van der Waals surface area contributed by atoms with Crippen molar-refractivity contribution in [2.75, 3.05) is 0 Å². The molecule has 1 aromatic heterocycles. The van der Waals surface area contributed by atoms with E-state index in [0.717, 1.165) is 0 Å². The van der Waals surface area contributed by atoms with Gasteiger partial charge in [0.2, 0.25) is 0 Å². The van der Waals surface area contributed by atoms with Crippen molar-refractivity contribution >= 4 is 6.08 Å². The average Bonchev–Trinajstić information content (AvgIpc) is 2.48. The minimum absolute atomic E-state index is 0.0468. The monoisotopic (exact) mass is 281 g/mol. The van der Waals surface area contributed by atoms with Gasteiger partial charge in [-0.1, -0.05) is 0 Å². The van der Waals surface area contributed by atoms with Gasteiger partial charge in [0.25, 0.3) is 0 Å². The molecule has 21 heavy (non-hydrogen) atoms. The van der Waals surface area contributed by atoms with Gasteiger partial charge in [-0.3, -0.25) is 0 Å². The predicted molar refractivity (Wildman–Crippen MR) is 78.5 cm³/mol. The van der Waals surface area contributed by atoms with Gasteiger partial charge in [0.1, 0.15) is 17.8 Å². The van der Waals surface area contributed by atoms with Crippen LogP contribution in [0, 0.1) is 11.3 Å². The molecule has 1 N–H and O–H groups in total. The first-order valence-electron chi connectivity index (χ1n) is 6.37. The number of nitriles is 1. The molecule has 1 heterocycles. The van der Waals surface area contributed by atoms with E-state index in [2.05, 4.69) is 9.97 Å². The largest absolute Gasteiger partial charge is 0.508 e. The van der Waals surface area contributed by atoms with Crippen molar-refractivity contribution in [2.45, 2.75) is 19.4 Å². The molecule has 5 heteroatoms. The van der Waals surface area contributed by atoms with Crippen LogP contribution in [0.25, 0.3) is 6.08 Å². The van der Waals surface area contributed by atoms with Gasteiger partial charge in [0, 0.05) is 12.3 Å². The SMILES string of the molecule is CC(C)(Oc1ccc(C#N)cc1)C(O)=Cc1ccncn1. The van der Waals surface area contributed by atoms with E-state index in [4.69, 9.17) is 10.00 Å². The van der Waals surface area contributed by atoms with Crippen molar-refractivity contribution in [1.29, 1.82) is 5.26 Å². The smallest absolute Gasteiger partial charge is 0.160 e. The van der Waals surface area contributed by atoms with Crippen LogP contribution in [0.15, 0.2) is 48.6 Å². The molecule has 0 saturated carbocycles. The van der Waals surface area contributed by atoms with Gasteiger partial charge >= 0.3 is 0 Å². The Morgan fingerprint density at radius 2 is 2.00 bits per heavy atom. The van der Waals surface area contributed by atoms with Crippen LogP contribution in [-0.2, 0) is 0 Å². The first-order chi connectivity index (χ1) is 10.0. The maximum absolute atomic E-state index is 10.2. The lowest BCUT2D eigenvalue weighted by molar-refractivity contribution is 0.0986. The van der Waals surface area contributed by atoms with Crippen LogP contribution in [0.1, 0.15) is 25.1 Å². The van der Waals surface area contributed by atoms with Gasteiger partial charge in [-0.05, 0) is 44.2 Å². The molecule has 0 amide bonds. The standard InChI is InChI=1S/C16H15N3O2/c1-16(2,15(20)9-13-7-8-18-11-19-13)21-14-5-3-12(10-17)4-6-14/h3-9,11,20H,1-2H3. The molecule has 5 nitrogen and oxygen atoms in total. The highest BCUT2D eigenvalue weighted by molar-refractivity contribution is 5.48. The highest BCUT2D eigenvalue weighted by atomic mass is 16.5. The van der Waals surface area contributed by atoms with Crippen LogP contribution in [0.4, 0.5) is 0 Å². The van der Waals surface area contributed by atoms with Gasteiger partial charge in [-0.15, -0.1) is 0 Å². The molecule has 0 spiro atoms.